The number of nitrogens with zero attached hydrogens (tertiary/aromatic N) is 1. The molecule has 2 atom stereocenters. The average Bonchev–Trinajstić information content (AvgIpc) is 2.72. The van der Waals surface area contributed by atoms with Crippen LogP contribution in [-0.4, -0.2) is 25.2 Å². The van der Waals surface area contributed by atoms with E-state index in [-0.39, 0.29) is 11.9 Å². The van der Waals surface area contributed by atoms with Gasteiger partial charge in [0.2, 0.25) is 0 Å². The Morgan fingerprint density at radius 3 is 2.90 bits per heavy atom. The van der Waals surface area contributed by atoms with Gasteiger partial charge >= 0.3 is 0 Å². The summed E-state index contributed by atoms with van der Waals surface area (Å²) in [4.78, 5) is 0. The molecule has 2 aromatic heterocycles. The van der Waals surface area contributed by atoms with Gasteiger partial charge in [-0.25, -0.2) is 0 Å². The number of aryl methyl sites for hydroxylation is 1. The van der Waals surface area contributed by atoms with Crippen LogP contribution in [0.2, 0.25) is 0 Å². The van der Waals surface area contributed by atoms with E-state index >= 15 is 0 Å². The average molecular weight is 296 g/mol. The van der Waals surface area contributed by atoms with E-state index in [0.717, 1.165) is 17.5 Å². The zero-order valence-corrected chi connectivity index (χ0v) is 12.1. The Morgan fingerprint density at radius 2 is 2.20 bits per heavy atom. The molecular weight excluding hydrogens is 281 g/mol. The Labute approximate surface area is 117 Å². The SMILES string of the molecule is CC1c2c([c]c3cccc(F)n23)CCC1OS(C)(=O)=O. The molecule has 2 unspecified atom stereocenters. The summed E-state index contributed by atoms with van der Waals surface area (Å²) >= 11 is 0. The monoisotopic (exact) mass is 296 g/mol. The molecular formula is C14H15FNO3S. The molecule has 6 heteroatoms. The quantitative estimate of drug-likeness (QED) is 0.631. The number of hydrogen-bond donors (Lipinski definition) is 0. The molecule has 2 heterocycles. The van der Waals surface area contributed by atoms with Crippen molar-refractivity contribution in [1.82, 2.24) is 4.40 Å². The summed E-state index contributed by atoms with van der Waals surface area (Å²) in [5.74, 6) is -0.573. The van der Waals surface area contributed by atoms with Crippen molar-refractivity contribution in [2.75, 3.05) is 6.26 Å². The van der Waals surface area contributed by atoms with Gasteiger partial charge in [0.25, 0.3) is 10.1 Å². The molecule has 107 valence electrons. The highest BCUT2D eigenvalue weighted by Gasteiger charge is 2.32. The first-order chi connectivity index (χ1) is 9.37. The molecule has 1 aliphatic rings. The molecule has 4 nitrogen and oxygen atoms in total. The predicted molar refractivity (Wildman–Crippen MR) is 72.6 cm³/mol. The summed E-state index contributed by atoms with van der Waals surface area (Å²) in [5.41, 5.74) is 2.37. The van der Waals surface area contributed by atoms with E-state index in [4.69, 9.17) is 4.18 Å². The molecule has 1 radical (unpaired) electrons. The molecule has 0 saturated carbocycles. The summed E-state index contributed by atoms with van der Waals surface area (Å²) in [5, 5.41) is 0. The molecule has 0 spiro atoms. The van der Waals surface area contributed by atoms with Gasteiger partial charge in [0, 0.05) is 17.7 Å². The Morgan fingerprint density at radius 1 is 1.45 bits per heavy atom. The van der Waals surface area contributed by atoms with Crippen molar-refractivity contribution >= 4 is 15.6 Å². The van der Waals surface area contributed by atoms with Crippen molar-refractivity contribution in [1.29, 1.82) is 0 Å². The van der Waals surface area contributed by atoms with Crippen molar-refractivity contribution < 1.29 is 17.0 Å². The van der Waals surface area contributed by atoms with Crippen LogP contribution >= 0.6 is 0 Å². The number of hydrogen-bond acceptors (Lipinski definition) is 3. The largest absolute Gasteiger partial charge is 0.289 e. The molecule has 1 aliphatic carbocycles. The van der Waals surface area contributed by atoms with E-state index < -0.39 is 16.2 Å². The number of halogens is 1. The van der Waals surface area contributed by atoms with Crippen molar-refractivity contribution in [3.63, 3.8) is 0 Å². The molecule has 0 fully saturated rings. The van der Waals surface area contributed by atoms with Gasteiger partial charge in [-0.05, 0) is 30.5 Å². The van der Waals surface area contributed by atoms with E-state index in [1.165, 1.54) is 10.5 Å². The topological polar surface area (TPSA) is 47.8 Å². The van der Waals surface area contributed by atoms with Crippen molar-refractivity contribution in [2.24, 2.45) is 0 Å². The Bertz CT molecular complexity index is 766. The highest BCUT2D eigenvalue weighted by atomic mass is 32.2. The molecule has 20 heavy (non-hydrogen) atoms. The predicted octanol–water partition coefficient (Wildman–Crippen LogP) is 2.27. The maximum atomic E-state index is 14.0. The van der Waals surface area contributed by atoms with Crippen LogP contribution < -0.4 is 0 Å². The molecule has 0 bridgehead atoms. The number of pyridine rings is 1. The summed E-state index contributed by atoms with van der Waals surface area (Å²) in [6, 6.07) is 8.01. The fourth-order valence-electron chi connectivity index (χ4n) is 2.92. The summed E-state index contributed by atoms with van der Waals surface area (Å²) in [7, 11) is -3.52. The molecule has 0 N–H and O–H groups in total. The van der Waals surface area contributed by atoms with Crippen LogP contribution in [0.1, 0.15) is 30.5 Å². The fraction of sp³-hybridized carbons (Fsp3) is 0.429. The smallest absolute Gasteiger partial charge is 0.264 e. The zero-order chi connectivity index (χ0) is 14.5. The molecule has 2 aromatic rings. The summed E-state index contributed by atoms with van der Waals surface area (Å²) in [6.45, 7) is 1.86. The first kappa shape index (κ1) is 13.6. The highest BCUT2D eigenvalue weighted by molar-refractivity contribution is 7.86. The van der Waals surface area contributed by atoms with Crippen LogP contribution in [0.5, 0.6) is 0 Å². The third kappa shape index (κ3) is 2.23. The van der Waals surface area contributed by atoms with E-state index in [9.17, 15) is 12.8 Å². The van der Waals surface area contributed by atoms with Crippen LogP contribution in [0.25, 0.3) is 5.52 Å². The number of fused-ring (bicyclic) bond motifs is 3. The van der Waals surface area contributed by atoms with Gasteiger partial charge in [0.15, 0.2) is 5.95 Å². The Kier molecular flexibility index (Phi) is 3.10. The van der Waals surface area contributed by atoms with Crippen LogP contribution in [0.3, 0.4) is 0 Å². The number of rotatable bonds is 2. The van der Waals surface area contributed by atoms with E-state index in [1.807, 2.05) is 6.92 Å². The first-order valence-electron chi connectivity index (χ1n) is 6.46. The Hall–Kier alpha value is -1.40. The Balaban J connectivity index is 2.10. The molecule has 3 rings (SSSR count). The second kappa shape index (κ2) is 4.56. The minimum absolute atomic E-state index is 0.205. The zero-order valence-electron chi connectivity index (χ0n) is 11.3. The van der Waals surface area contributed by atoms with Crippen molar-refractivity contribution in [2.45, 2.75) is 31.8 Å². The van der Waals surface area contributed by atoms with Gasteiger partial charge in [0.05, 0.1) is 17.9 Å². The first-order valence-corrected chi connectivity index (χ1v) is 8.28. The lowest BCUT2D eigenvalue weighted by atomic mass is 9.87. The van der Waals surface area contributed by atoms with E-state index in [0.29, 0.717) is 18.4 Å². The molecule has 0 aromatic carbocycles. The van der Waals surface area contributed by atoms with Gasteiger partial charge in [-0.1, -0.05) is 13.0 Å². The van der Waals surface area contributed by atoms with Crippen LogP contribution in [0.15, 0.2) is 18.2 Å². The molecule has 0 amide bonds. The van der Waals surface area contributed by atoms with Crippen LogP contribution in [0, 0.1) is 12.0 Å². The maximum absolute atomic E-state index is 14.0. The normalized spacial score (nSPS) is 22.9. The standard InChI is InChI=1S/C14H15FNO3S/c1-9-12(19-20(2,17)18)7-6-10-8-11-4-3-5-13(15)16(11)14(9)10/h3-5,9,12H,6-7H2,1-2H3. The van der Waals surface area contributed by atoms with Gasteiger partial charge in [-0.15, -0.1) is 0 Å². The maximum Gasteiger partial charge on any atom is 0.264 e. The summed E-state index contributed by atoms with van der Waals surface area (Å²) in [6.07, 6.45) is 1.82. The fourth-order valence-corrected chi connectivity index (χ4v) is 3.63. The minimum atomic E-state index is -3.52. The summed E-state index contributed by atoms with van der Waals surface area (Å²) < 4.78 is 43.3. The lowest BCUT2D eigenvalue weighted by Crippen LogP contribution is -2.29. The molecule has 0 saturated heterocycles. The van der Waals surface area contributed by atoms with Crippen LogP contribution in [-0.2, 0) is 20.7 Å². The number of aromatic nitrogens is 1. The third-order valence-electron chi connectivity index (χ3n) is 3.74. The van der Waals surface area contributed by atoms with Crippen molar-refractivity contribution in [3.8, 4) is 0 Å². The van der Waals surface area contributed by atoms with Crippen molar-refractivity contribution in [3.05, 3.63) is 41.5 Å². The van der Waals surface area contributed by atoms with Gasteiger partial charge in [0.1, 0.15) is 0 Å². The van der Waals surface area contributed by atoms with Crippen LogP contribution in [0.4, 0.5) is 4.39 Å². The van der Waals surface area contributed by atoms with E-state index in [2.05, 4.69) is 6.07 Å². The third-order valence-corrected chi connectivity index (χ3v) is 4.33. The van der Waals surface area contributed by atoms with E-state index in [1.54, 1.807) is 12.1 Å². The van der Waals surface area contributed by atoms with Gasteiger partial charge in [-0.3, -0.25) is 8.58 Å². The second-order valence-electron chi connectivity index (χ2n) is 5.22. The second-order valence-corrected chi connectivity index (χ2v) is 6.82. The minimum Gasteiger partial charge on any atom is -0.289 e. The highest BCUT2D eigenvalue weighted by Crippen LogP contribution is 2.36. The lowest BCUT2D eigenvalue weighted by molar-refractivity contribution is 0.164. The van der Waals surface area contributed by atoms with Gasteiger partial charge < -0.3 is 0 Å². The molecule has 0 aliphatic heterocycles. The lowest BCUT2D eigenvalue weighted by Gasteiger charge is -2.28. The van der Waals surface area contributed by atoms with Gasteiger partial charge in [-0.2, -0.15) is 12.8 Å².